The third kappa shape index (κ3) is 3.17. The molecule has 0 aliphatic carbocycles. The van der Waals surface area contributed by atoms with Crippen molar-refractivity contribution in [3.63, 3.8) is 0 Å². The van der Waals surface area contributed by atoms with E-state index in [-0.39, 0.29) is 12.2 Å². The minimum Gasteiger partial charge on any atom is -0.377 e. The van der Waals surface area contributed by atoms with Crippen molar-refractivity contribution in [2.24, 2.45) is 0 Å². The normalized spacial score (nSPS) is 24.1. The number of hydrogen-bond donors (Lipinski definition) is 1. The topological polar surface area (TPSA) is 33.7 Å². The van der Waals surface area contributed by atoms with E-state index in [1.807, 2.05) is 7.05 Å². The van der Waals surface area contributed by atoms with Gasteiger partial charge in [0.15, 0.2) is 0 Å². The van der Waals surface area contributed by atoms with Crippen LogP contribution in [0.15, 0.2) is 22.7 Å². The maximum Gasteiger partial charge on any atom is 0.102 e. The van der Waals surface area contributed by atoms with Crippen LogP contribution in [-0.4, -0.2) is 46.6 Å². The van der Waals surface area contributed by atoms with Gasteiger partial charge < -0.3 is 19.7 Å². The Hall–Kier alpha value is -0.620. The second-order valence-corrected chi connectivity index (χ2v) is 6.08. The summed E-state index contributed by atoms with van der Waals surface area (Å²) >= 11 is 3.56. The van der Waals surface area contributed by atoms with Gasteiger partial charge in [0.1, 0.15) is 12.2 Å². The molecule has 0 saturated carbocycles. The van der Waals surface area contributed by atoms with Gasteiger partial charge in [-0.15, -0.1) is 0 Å². The third-order valence-corrected chi connectivity index (χ3v) is 4.54. The predicted octanol–water partition coefficient (Wildman–Crippen LogP) is 2.58. The maximum atomic E-state index is 5.53. The Balaban J connectivity index is 2.29. The summed E-state index contributed by atoms with van der Waals surface area (Å²) in [4.78, 5) is 2.35. The second-order valence-electron chi connectivity index (χ2n) is 5.17. The highest BCUT2D eigenvalue weighted by molar-refractivity contribution is 9.10. The number of nitrogens with one attached hydrogen (secondary N) is 1. The van der Waals surface area contributed by atoms with Gasteiger partial charge >= 0.3 is 0 Å². The molecule has 0 radical (unpaired) electrons. The highest BCUT2D eigenvalue weighted by Crippen LogP contribution is 2.32. The van der Waals surface area contributed by atoms with Gasteiger partial charge in [0.25, 0.3) is 0 Å². The molecule has 3 unspecified atom stereocenters. The maximum absolute atomic E-state index is 5.53. The van der Waals surface area contributed by atoms with Crippen LogP contribution in [0.4, 0.5) is 5.69 Å². The lowest BCUT2D eigenvalue weighted by atomic mass is 10.1. The first kappa shape index (κ1) is 15.8. The van der Waals surface area contributed by atoms with Crippen LogP contribution in [0.3, 0.4) is 0 Å². The zero-order valence-electron chi connectivity index (χ0n) is 12.5. The van der Waals surface area contributed by atoms with Gasteiger partial charge in [0, 0.05) is 43.5 Å². The smallest absolute Gasteiger partial charge is 0.102 e. The van der Waals surface area contributed by atoms with Gasteiger partial charge in [-0.2, -0.15) is 0 Å². The molecule has 1 aromatic rings. The summed E-state index contributed by atoms with van der Waals surface area (Å²) in [5, 5.41) is 3.31. The van der Waals surface area contributed by atoms with Crippen molar-refractivity contribution in [2.45, 2.75) is 25.2 Å². The Kier molecular flexibility index (Phi) is 5.43. The molecule has 1 aliphatic rings. The van der Waals surface area contributed by atoms with Crippen LogP contribution in [0.1, 0.15) is 18.5 Å². The number of nitrogens with zero attached hydrogens (tertiary/aromatic N) is 1. The molecule has 0 aromatic heterocycles. The van der Waals surface area contributed by atoms with Crippen molar-refractivity contribution < 1.29 is 9.47 Å². The van der Waals surface area contributed by atoms with E-state index in [1.54, 1.807) is 14.2 Å². The van der Waals surface area contributed by atoms with E-state index in [4.69, 9.17) is 9.47 Å². The van der Waals surface area contributed by atoms with Crippen molar-refractivity contribution in [2.75, 3.05) is 39.3 Å². The van der Waals surface area contributed by atoms with Crippen LogP contribution in [0.2, 0.25) is 0 Å². The summed E-state index contributed by atoms with van der Waals surface area (Å²) in [5.41, 5.74) is 2.53. The van der Waals surface area contributed by atoms with Gasteiger partial charge in [-0.3, -0.25) is 0 Å². The second kappa shape index (κ2) is 6.89. The van der Waals surface area contributed by atoms with Crippen LogP contribution in [0, 0.1) is 0 Å². The summed E-state index contributed by atoms with van der Waals surface area (Å²) in [5.74, 6) is 0. The van der Waals surface area contributed by atoms with Crippen LogP contribution in [0.25, 0.3) is 0 Å². The Labute approximate surface area is 129 Å². The molecule has 4 nitrogen and oxygen atoms in total. The lowest BCUT2D eigenvalue weighted by molar-refractivity contribution is -0.00461. The van der Waals surface area contributed by atoms with Crippen molar-refractivity contribution in [1.82, 2.24) is 5.32 Å². The lowest BCUT2D eigenvalue weighted by Crippen LogP contribution is -2.27. The van der Waals surface area contributed by atoms with E-state index in [9.17, 15) is 0 Å². The lowest BCUT2D eigenvalue weighted by Gasteiger charge is -2.25. The molecule has 1 aromatic carbocycles. The average Bonchev–Trinajstić information content (AvgIpc) is 2.89. The summed E-state index contributed by atoms with van der Waals surface area (Å²) in [7, 11) is 5.48. The van der Waals surface area contributed by atoms with E-state index < -0.39 is 0 Å². The van der Waals surface area contributed by atoms with E-state index in [0.717, 1.165) is 17.6 Å². The van der Waals surface area contributed by atoms with Gasteiger partial charge in [-0.25, -0.2) is 0 Å². The fourth-order valence-corrected chi connectivity index (χ4v) is 3.09. The first-order chi connectivity index (χ1) is 9.60. The Morgan fingerprint density at radius 3 is 2.35 bits per heavy atom. The number of anilines is 1. The number of ether oxygens (including phenoxy) is 2. The van der Waals surface area contributed by atoms with Gasteiger partial charge in [-0.1, -0.05) is 15.9 Å². The van der Waals surface area contributed by atoms with E-state index in [2.05, 4.69) is 51.3 Å². The molecule has 0 spiro atoms. The molecule has 5 heteroatoms. The summed E-state index contributed by atoms with van der Waals surface area (Å²) < 4.78 is 12.2. The van der Waals surface area contributed by atoms with Crippen molar-refractivity contribution in [1.29, 1.82) is 0 Å². The number of rotatable bonds is 5. The van der Waals surface area contributed by atoms with E-state index >= 15 is 0 Å². The predicted molar refractivity (Wildman–Crippen MR) is 85.4 cm³/mol. The molecule has 112 valence electrons. The highest BCUT2D eigenvalue weighted by Gasteiger charge is 2.34. The molecule has 0 bridgehead atoms. The molecule has 1 fully saturated rings. The monoisotopic (exact) mass is 342 g/mol. The molecule has 1 N–H and O–H groups in total. The van der Waals surface area contributed by atoms with Crippen LogP contribution in [-0.2, 0) is 9.47 Å². The van der Waals surface area contributed by atoms with Crippen LogP contribution < -0.4 is 10.2 Å². The van der Waals surface area contributed by atoms with Crippen LogP contribution in [0.5, 0.6) is 0 Å². The first-order valence-electron chi connectivity index (χ1n) is 6.88. The quantitative estimate of drug-likeness (QED) is 0.891. The highest BCUT2D eigenvalue weighted by atomic mass is 79.9. The minimum atomic E-state index is 0.126. The largest absolute Gasteiger partial charge is 0.377 e. The van der Waals surface area contributed by atoms with Crippen molar-refractivity contribution in [3.05, 3.63) is 28.2 Å². The standard InChI is InChI=1S/C15H23BrN2O2/c1-10(17-2)12-7-11(16)5-6-13(12)18-8-14(19-3)15(9-18)20-4/h5-7,10,14-15,17H,8-9H2,1-4H3. The van der Waals surface area contributed by atoms with Crippen LogP contribution >= 0.6 is 15.9 Å². The Bertz CT molecular complexity index is 443. The number of halogens is 1. The van der Waals surface area contributed by atoms with Gasteiger partial charge in [-0.05, 0) is 37.7 Å². The molecule has 1 heterocycles. The Morgan fingerprint density at radius 1 is 1.25 bits per heavy atom. The van der Waals surface area contributed by atoms with Crippen molar-refractivity contribution >= 4 is 21.6 Å². The minimum absolute atomic E-state index is 0.126. The van der Waals surface area contributed by atoms with E-state index in [1.165, 1.54) is 11.3 Å². The summed E-state index contributed by atoms with van der Waals surface area (Å²) in [6.07, 6.45) is 0.253. The molecule has 2 rings (SSSR count). The average molecular weight is 343 g/mol. The molecule has 1 aliphatic heterocycles. The summed E-state index contributed by atoms with van der Waals surface area (Å²) in [6.45, 7) is 3.89. The molecule has 3 atom stereocenters. The SMILES string of the molecule is CNC(C)c1cc(Br)ccc1N1CC(OC)C(OC)C1. The third-order valence-electron chi connectivity index (χ3n) is 4.05. The van der Waals surface area contributed by atoms with Gasteiger partial charge in [0.05, 0.1) is 0 Å². The number of benzene rings is 1. The summed E-state index contributed by atoms with van der Waals surface area (Å²) in [6, 6.07) is 6.73. The Morgan fingerprint density at radius 2 is 1.85 bits per heavy atom. The number of methoxy groups -OCH3 is 2. The fourth-order valence-electron chi connectivity index (χ4n) is 2.71. The molecule has 1 saturated heterocycles. The van der Waals surface area contributed by atoms with Crippen molar-refractivity contribution in [3.8, 4) is 0 Å². The zero-order chi connectivity index (χ0) is 14.7. The van der Waals surface area contributed by atoms with Gasteiger partial charge in [0.2, 0.25) is 0 Å². The van der Waals surface area contributed by atoms with E-state index in [0.29, 0.717) is 6.04 Å². The molecular formula is C15H23BrN2O2. The molecular weight excluding hydrogens is 320 g/mol. The number of hydrogen-bond acceptors (Lipinski definition) is 4. The fraction of sp³-hybridized carbons (Fsp3) is 0.600. The first-order valence-corrected chi connectivity index (χ1v) is 7.67. The molecule has 0 amide bonds. The molecule has 20 heavy (non-hydrogen) atoms. The zero-order valence-corrected chi connectivity index (χ0v) is 14.1.